The Kier molecular flexibility index (Phi) is 2.22. The minimum Gasteiger partial charge on any atom is -0.207 e. The zero-order chi connectivity index (χ0) is 6.91. The molecule has 0 N–H and O–H groups in total. The summed E-state index contributed by atoms with van der Waals surface area (Å²) < 4.78 is 24.6. The lowest BCUT2D eigenvalue weighted by Crippen LogP contribution is -2.09. The van der Waals surface area contributed by atoms with Crippen molar-refractivity contribution < 1.29 is 8.78 Å². The molecule has 1 rings (SSSR count). The first-order chi connectivity index (χ1) is 4.14. The van der Waals surface area contributed by atoms with Crippen molar-refractivity contribution >= 4 is 21.7 Å². The summed E-state index contributed by atoms with van der Waals surface area (Å²) in [6.07, 6.45) is 0.528. The predicted octanol–water partition coefficient (Wildman–Crippen LogP) is 3.06. The molecule has 9 heavy (non-hydrogen) atoms. The molecule has 0 spiro atoms. The average Bonchev–Trinajstić information content (AvgIpc) is 2.10. The number of rotatable bonds is 1. The topological polar surface area (TPSA) is 0 Å². The zero-order valence-electron chi connectivity index (χ0n) is 4.74. The highest BCUT2D eigenvalue weighted by Crippen LogP contribution is 2.41. The molecule has 0 amide bonds. The second kappa shape index (κ2) is 2.62. The van der Waals surface area contributed by atoms with E-state index in [0.717, 1.165) is 11.0 Å². The molecule has 0 aromatic carbocycles. The Bertz CT molecular complexity index is 107. The van der Waals surface area contributed by atoms with Gasteiger partial charge in [-0.2, -0.15) is 0 Å². The van der Waals surface area contributed by atoms with Crippen molar-refractivity contribution in [2.45, 2.75) is 30.4 Å². The van der Waals surface area contributed by atoms with Crippen LogP contribution in [0.5, 0.6) is 0 Å². The van der Waals surface area contributed by atoms with Crippen LogP contribution in [0.3, 0.4) is 0 Å². The first-order valence-corrected chi connectivity index (χ1v) is 4.50. The summed E-state index contributed by atoms with van der Waals surface area (Å²) in [5.74, 6) is -2.44. The first-order valence-electron chi connectivity index (χ1n) is 2.79. The molecule has 1 fully saturated rings. The van der Waals surface area contributed by atoms with Crippen molar-refractivity contribution in [1.29, 1.82) is 0 Å². The van der Waals surface area contributed by atoms with E-state index in [4.69, 9.17) is 10.7 Å². The maximum Gasteiger partial charge on any atom is 0.249 e. The Morgan fingerprint density at radius 1 is 1.56 bits per heavy atom. The van der Waals surface area contributed by atoms with Crippen LogP contribution in [0, 0.1) is 0 Å². The van der Waals surface area contributed by atoms with Gasteiger partial charge >= 0.3 is 0 Å². The van der Waals surface area contributed by atoms with Crippen molar-refractivity contribution in [3.05, 3.63) is 0 Å². The predicted molar refractivity (Wildman–Crippen MR) is 36.0 cm³/mol. The first kappa shape index (κ1) is 7.61. The molecular formula is C5H7ClF2S. The van der Waals surface area contributed by atoms with Crippen LogP contribution >= 0.6 is 21.7 Å². The van der Waals surface area contributed by atoms with Gasteiger partial charge in [-0.25, -0.2) is 8.78 Å². The van der Waals surface area contributed by atoms with Crippen LogP contribution in [-0.4, -0.2) is 11.2 Å². The number of hydrogen-bond donors (Lipinski definition) is 0. The minimum absolute atomic E-state index is 0.0113. The SMILES string of the molecule is FC1(F)CCC(SCl)C1. The van der Waals surface area contributed by atoms with Crippen molar-refractivity contribution in [1.82, 2.24) is 0 Å². The molecule has 1 atom stereocenters. The van der Waals surface area contributed by atoms with E-state index < -0.39 is 5.92 Å². The highest BCUT2D eigenvalue weighted by atomic mass is 35.7. The fraction of sp³-hybridized carbons (Fsp3) is 1.00. The molecule has 0 nitrogen and oxygen atoms in total. The van der Waals surface area contributed by atoms with Gasteiger partial charge in [-0.15, -0.1) is 0 Å². The number of halogens is 3. The second-order valence-electron chi connectivity index (χ2n) is 2.31. The monoisotopic (exact) mass is 172 g/mol. The van der Waals surface area contributed by atoms with Crippen LogP contribution in [0.4, 0.5) is 8.78 Å². The molecular weight excluding hydrogens is 166 g/mol. The van der Waals surface area contributed by atoms with Crippen LogP contribution in [0.2, 0.25) is 0 Å². The summed E-state index contributed by atoms with van der Waals surface area (Å²) >= 11 is 0. The van der Waals surface area contributed by atoms with E-state index in [2.05, 4.69) is 0 Å². The van der Waals surface area contributed by atoms with Crippen LogP contribution < -0.4 is 0 Å². The Balaban J connectivity index is 2.38. The third kappa shape index (κ3) is 1.97. The van der Waals surface area contributed by atoms with Gasteiger partial charge in [0.05, 0.1) is 0 Å². The Morgan fingerprint density at radius 3 is 2.44 bits per heavy atom. The van der Waals surface area contributed by atoms with Gasteiger partial charge in [0.15, 0.2) is 0 Å². The quantitative estimate of drug-likeness (QED) is 0.586. The molecule has 54 valence electrons. The third-order valence-electron chi connectivity index (χ3n) is 1.48. The van der Waals surface area contributed by atoms with E-state index >= 15 is 0 Å². The van der Waals surface area contributed by atoms with Gasteiger partial charge in [-0.05, 0) is 17.1 Å². The van der Waals surface area contributed by atoms with E-state index in [9.17, 15) is 8.78 Å². The Hall–Kier alpha value is 0.500. The molecule has 0 heterocycles. The van der Waals surface area contributed by atoms with E-state index in [1.807, 2.05) is 0 Å². The standard InChI is InChI=1S/C5H7ClF2S/c6-9-4-1-2-5(7,8)3-4/h4H,1-3H2. The number of alkyl halides is 2. The molecule has 0 saturated heterocycles. The van der Waals surface area contributed by atoms with Gasteiger partial charge < -0.3 is 0 Å². The molecule has 4 heteroatoms. The molecule has 0 bridgehead atoms. The summed E-state index contributed by atoms with van der Waals surface area (Å²) in [4.78, 5) is 0. The summed E-state index contributed by atoms with van der Waals surface area (Å²) in [6.45, 7) is 0. The van der Waals surface area contributed by atoms with Crippen molar-refractivity contribution in [3.8, 4) is 0 Å². The maximum absolute atomic E-state index is 12.3. The van der Waals surface area contributed by atoms with Gasteiger partial charge in [0, 0.05) is 18.1 Å². The highest BCUT2D eigenvalue weighted by molar-refractivity contribution is 8.21. The molecule has 1 saturated carbocycles. The highest BCUT2D eigenvalue weighted by Gasteiger charge is 2.39. The summed E-state index contributed by atoms with van der Waals surface area (Å²) in [6, 6.07) is 0. The summed E-state index contributed by atoms with van der Waals surface area (Å²) in [5, 5.41) is -0.0262. The van der Waals surface area contributed by atoms with E-state index in [1.54, 1.807) is 0 Å². The lowest BCUT2D eigenvalue weighted by molar-refractivity contribution is 0.00981. The molecule has 0 radical (unpaired) electrons. The van der Waals surface area contributed by atoms with Gasteiger partial charge in [0.2, 0.25) is 5.92 Å². The van der Waals surface area contributed by atoms with Crippen LogP contribution in [-0.2, 0) is 0 Å². The average molecular weight is 173 g/mol. The lowest BCUT2D eigenvalue weighted by atomic mass is 10.3. The summed E-state index contributed by atoms with van der Waals surface area (Å²) in [5.41, 5.74) is 0. The third-order valence-corrected chi connectivity index (χ3v) is 2.89. The minimum atomic E-state index is -2.44. The molecule has 0 aromatic heterocycles. The molecule has 1 aliphatic rings. The van der Waals surface area contributed by atoms with Crippen LogP contribution in [0.15, 0.2) is 0 Å². The van der Waals surface area contributed by atoms with Crippen LogP contribution in [0.1, 0.15) is 19.3 Å². The normalized spacial score (nSPS) is 33.0. The van der Waals surface area contributed by atoms with Crippen molar-refractivity contribution in [2.24, 2.45) is 0 Å². The second-order valence-corrected chi connectivity index (χ2v) is 3.69. The van der Waals surface area contributed by atoms with Crippen molar-refractivity contribution in [2.75, 3.05) is 0 Å². The maximum atomic E-state index is 12.3. The zero-order valence-corrected chi connectivity index (χ0v) is 6.31. The smallest absolute Gasteiger partial charge is 0.207 e. The van der Waals surface area contributed by atoms with Gasteiger partial charge in [0.25, 0.3) is 0 Å². The number of hydrogen-bond acceptors (Lipinski definition) is 1. The van der Waals surface area contributed by atoms with Gasteiger partial charge in [-0.3, -0.25) is 0 Å². The van der Waals surface area contributed by atoms with Gasteiger partial charge in [0.1, 0.15) is 0 Å². The van der Waals surface area contributed by atoms with Crippen LogP contribution in [0.25, 0.3) is 0 Å². The van der Waals surface area contributed by atoms with Crippen molar-refractivity contribution in [3.63, 3.8) is 0 Å². The Labute approximate surface area is 61.5 Å². The van der Waals surface area contributed by atoms with E-state index in [1.165, 1.54) is 0 Å². The van der Waals surface area contributed by atoms with E-state index in [0.29, 0.717) is 6.42 Å². The van der Waals surface area contributed by atoms with Gasteiger partial charge in [-0.1, -0.05) is 11.0 Å². The molecule has 0 aliphatic heterocycles. The molecule has 1 aliphatic carbocycles. The fourth-order valence-corrected chi connectivity index (χ4v) is 1.96. The largest absolute Gasteiger partial charge is 0.249 e. The Morgan fingerprint density at radius 2 is 2.22 bits per heavy atom. The molecule has 0 aromatic rings. The fourth-order valence-electron chi connectivity index (χ4n) is 0.985. The van der Waals surface area contributed by atoms with E-state index in [-0.39, 0.29) is 18.1 Å². The lowest BCUT2D eigenvalue weighted by Gasteiger charge is -2.05. The summed E-state index contributed by atoms with van der Waals surface area (Å²) in [7, 11) is 6.35. The molecule has 1 unspecified atom stereocenters.